The summed E-state index contributed by atoms with van der Waals surface area (Å²) in [6, 6.07) is 14.7. The fraction of sp³-hybridized carbons (Fsp3) is 0.0556. The number of hydrogen-bond acceptors (Lipinski definition) is 4. The first-order valence-electron chi connectivity index (χ1n) is 7.63. The van der Waals surface area contributed by atoms with Gasteiger partial charge in [0.25, 0.3) is 5.91 Å². The maximum absolute atomic E-state index is 12.2. The molecule has 0 aliphatic rings. The number of hydrogen-bond donors (Lipinski definition) is 1. The van der Waals surface area contributed by atoms with E-state index in [-0.39, 0.29) is 18.0 Å². The molecule has 0 aliphatic carbocycles. The van der Waals surface area contributed by atoms with Crippen LogP contribution in [0.15, 0.2) is 67.0 Å². The number of nitro groups is 1. The lowest BCUT2D eigenvalue weighted by Gasteiger charge is -2.13. The topological polar surface area (TPSA) is 86.4 Å². The Morgan fingerprint density at radius 1 is 1.15 bits per heavy atom. The van der Waals surface area contributed by atoms with Gasteiger partial charge in [-0.2, -0.15) is 0 Å². The number of nitro benzene ring substituents is 1. The van der Waals surface area contributed by atoms with Crippen LogP contribution >= 0.6 is 11.6 Å². The number of rotatable bonds is 6. The highest BCUT2D eigenvalue weighted by Crippen LogP contribution is 2.27. The predicted molar refractivity (Wildman–Crippen MR) is 98.0 cm³/mol. The molecule has 0 radical (unpaired) electrons. The van der Waals surface area contributed by atoms with Crippen molar-refractivity contribution in [2.75, 3.05) is 11.9 Å². The fourth-order valence-corrected chi connectivity index (χ4v) is 2.55. The van der Waals surface area contributed by atoms with E-state index < -0.39 is 10.8 Å². The average molecular weight is 372 g/mol. The zero-order chi connectivity index (χ0) is 18.5. The van der Waals surface area contributed by atoms with Crippen LogP contribution in [0, 0.1) is 10.1 Å². The first-order valence-corrected chi connectivity index (χ1v) is 8.01. The van der Waals surface area contributed by atoms with Gasteiger partial charge in [-0.15, -0.1) is 0 Å². The third-order valence-electron chi connectivity index (χ3n) is 3.54. The van der Waals surface area contributed by atoms with E-state index in [1.165, 1.54) is 18.2 Å². The number of ether oxygens (including phenoxy) is 1. The lowest BCUT2D eigenvalue weighted by Crippen LogP contribution is -2.21. The molecule has 7 nitrogen and oxygen atoms in total. The van der Waals surface area contributed by atoms with Crippen LogP contribution in [0.2, 0.25) is 5.02 Å². The van der Waals surface area contributed by atoms with Crippen molar-refractivity contribution in [1.82, 2.24) is 4.57 Å². The molecule has 26 heavy (non-hydrogen) atoms. The number of carbonyl (C=O) groups is 1. The summed E-state index contributed by atoms with van der Waals surface area (Å²) in [5.41, 5.74) is 1.04. The number of para-hydroxylation sites is 2. The molecule has 3 aromatic rings. The van der Waals surface area contributed by atoms with Crippen LogP contribution in [-0.2, 0) is 4.79 Å². The second-order valence-electron chi connectivity index (χ2n) is 5.31. The molecular weight excluding hydrogens is 358 g/mol. The van der Waals surface area contributed by atoms with Gasteiger partial charge in [-0.3, -0.25) is 14.9 Å². The molecule has 132 valence electrons. The van der Waals surface area contributed by atoms with E-state index in [4.69, 9.17) is 16.3 Å². The van der Waals surface area contributed by atoms with Gasteiger partial charge < -0.3 is 14.6 Å². The summed E-state index contributed by atoms with van der Waals surface area (Å²) in [4.78, 5) is 22.6. The molecule has 0 bridgehead atoms. The van der Waals surface area contributed by atoms with Crippen molar-refractivity contribution < 1.29 is 14.5 Å². The zero-order valence-corrected chi connectivity index (χ0v) is 14.2. The molecule has 1 heterocycles. The summed E-state index contributed by atoms with van der Waals surface area (Å²) in [6.45, 7) is -0.363. The van der Waals surface area contributed by atoms with Gasteiger partial charge in [0.1, 0.15) is 0 Å². The van der Waals surface area contributed by atoms with Crippen LogP contribution < -0.4 is 10.1 Å². The van der Waals surface area contributed by atoms with E-state index in [0.29, 0.717) is 16.4 Å². The van der Waals surface area contributed by atoms with E-state index in [1.54, 1.807) is 24.3 Å². The lowest BCUT2D eigenvalue weighted by molar-refractivity contribution is -0.385. The van der Waals surface area contributed by atoms with Gasteiger partial charge in [-0.1, -0.05) is 23.7 Å². The Morgan fingerprint density at radius 3 is 2.62 bits per heavy atom. The molecule has 0 saturated heterocycles. The van der Waals surface area contributed by atoms with Crippen molar-refractivity contribution >= 4 is 28.9 Å². The maximum Gasteiger partial charge on any atom is 0.310 e. The Morgan fingerprint density at radius 2 is 1.88 bits per heavy atom. The fourth-order valence-electron chi connectivity index (χ4n) is 2.38. The Balaban J connectivity index is 1.73. The third-order valence-corrected chi connectivity index (χ3v) is 3.77. The standard InChI is InChI=1S/C18H14ClN3O4/c19-13-7-8-14(16(11-13)21-9-3-4-10-21)20-18(23)12-26-17-6-2-1-5-15(17)22(24)25/h1-11H,12H2,(H,20,23). The zero-order valence-electron chi connectivity index (χ0n) is 13.5. The molecule has 0 spiro atoms. The van der Waals surface area contributed by atoms with Gasteiger partial charge in [0.2, 0.25) is 0 Å². The number of nitrogens with zero attached hydrogens (tertiary/aromatic N) is 2. The number of anilines is 1. The number of nitrogens with one attached hydrogen (secondary N) is 1. The second-order valence-corrected chi connectivity index (χ2v) is 5.75. The Bertz CT molecular complexity index is 941. The molecule has 1 N–H and O–H groups in total. The first kappa shape index (κ1) is 17.5. The summed E-state index contributed by atoms with van der Waals surface area (Å²) in [6.07, 6.45) is 3.65. The third kappa shape index (κ3) is 4.01. The summed E-state index contributed by atoms with van der Waals surface area (Å²) in [5.74, 6) is -0.409. The van der Waals surface area contributed by atoms with Crippen molar-refractivity contribution in [3.63, 3.8) is 0 Å². The molecule has 8 heteroatoms. The Kier molecular flexibility index (Phi) is 5.19. The lowest BCUT2D eigenvalue weighted by atomic mass is 10.2. The number of aromatic nitrogens is 1. The van der Waals surface area contributed by atoms with Crippen molar-refractivity contribution in [3.05, 3.63) is 82.1 Å². The van der Waals surface area contributed by atoms with E-state index in [9.17, 15) is 14.9 Å². The van der Waals surface area contributed by atoms with E-state index in [2.05, 4.69) is 5.32 Å². The number of carbonyl (C=O) groups excluding carboxylic acids is 1. The smallest absolute Gasteiger partial charge is 0.310 e. The van der Waals surface area contributed by atoms with Crippen LogP contribution in [0.4, 0.5) is 11.4 Å². The van der Waals surface area contributed by atoms with Crippen LogP contribution in [0.3, 0.4) is 0 Å². The Labute approximate surface area is 153 Å². The molecule has 0 atom stereocenters. The van der Waals surface area contributed by atoms with Gasteiger partial charge in [0, 0.05) is 23.5 Å². The molecule has 0 saturated carbocycles. The van der Waals surface area contributed by atoms with Crippen LogP contribution in [0.5, 0.6) is 5.75 Å². The van der Waals surface area contributed by atoms with Gasteiger partial charge in [-0.05, 0) is 36.4 Å². The monoisotopic (exact) mass is 371 g/mol. The quantitative estimate of drug-likeness (QED) is 0.523. The summed E-state index contributed by atoms with van der Waals surface area (Å²) >= 11 is 6.04. The van der Waals surface area contributed by atoms with E-state index in [1.807, 2.05) is 29.1 Å². The minimum atomic E-state index is -0.559. The van der Waals surface area contributed by atoms with E-state index >= 15 is 0 Å². The molecule has 0 unspecified atom stereocenters. The molecule has 3 rings (SSSR count). The molecule has 1 amide bonds. The van der Waals surface area contributed by atoms with Crippen molar-refractivity contribution in [2.45, 2.75) is 0 Å². The van der Waals surface area contributed by atoms with Crippen LogP contribution in [0.1, 0.15) is 0 Å². The number of halogens is 1. The van der Waals surface area contributed by atoms with Gasteiger partial charge >= 0.3 is 5.69 Å². The predicted octanol–water partition coefficient (Wildman–Crippen LogP) is 4.06. The Hall–Kier alpha value is -3.32. The molecule has 0 aliphatic heterocycles. The molecular formula is C18H14ClN3O4. The SMILES string of the molecule is O=C(COc1ccccc1[N+](=O)[O-])Nc1ccc(Cl)cc1-n1cccc1. The van der Waals surface area contributed by atoms with Crippen LogP contribution in [-0.4, -0.2) is 22.0 Å². The van der Waals surface area contributed by atoms with Crippen molar-refractivity contribution in [3.8, 4) is 11.4 Å². The van der Waals surface area contributed by atoms with Gasteiger partial charge in [-0.25, -0.2) is 0 Å². The number of amides is 1. The van der Waals surface area contributed by atoms with Gasteiger partial charge in [0.05, 0.1) is 16.3 Å². The minimum absolute atomic E-state index is 0.0365. The van der Waals surface area contributed by atoms with Crippen LogP contribution in [0.25, 0.3) is 5.69 Å². The highest BCUT2D eigenvalue weighted by molar-refractivity contribution is 6.30. The molecule has 0 fully saturated rings. The highest BCUT2D eigenvalue weighted by atomic mass is 35.5. The normalized spacial score (nSPS) is 10.3. The first-order chi connectivity index (χ1) is 12.5. The summed E-state index contributed by atoms with van der Waals surface area (Å²) in [7, 11) is 0. The maximum atomic E-state index is 12.2. The molecule has 2 aromatic carbocycles. The minimum Gasteiger partial charge on any atom is -0.477 e. The molecule has 1 aromatic heterocycles. The average Bonchev–Trinajstić information content (AvgIpc) is 3.16. The van der Waals surface area contributed by atoms with Gasteiger partial charge in [0.15, 0.2) is 12.4 Å². The van der Waals surface area contributed by atoms with Crippen molar-refractivity contribution in [1.29, 1.82) is 0 Å². The summed E-state index contributed by atoms with van der Waals surface area (Å²) in [5, 5.41) is 14.2. The highest BCUT2D eigenvalue weighted by Gasteiger charge is 2.15. The summed E-state index contributed by atoms with van der Waals surface area (Å²) < 4.78 is 7.11. The second kappa shape index (κ2) is 7.71. The van der Waals surface area contributed by atoms with E-state index in [0.717, 1.165) is 0 Å². The number of benzene rings is 2. The van der Waals surface area contributed by atoms with Crippen molar-refractivity contribution in [2.24, 2.45) is 0 Å². The largest absolute Gasteiger partial charge is 0.477 e.